The van der Waals surface area contributed by atoms with Gasteiger partial charge in [-0.2, -0.15) is 0 Å². The first-order valence-electron chi connectivity index (χ1n) is 6.23. The second kappa shape index (κ2) is 8.91. The van der Waals surface area contributed by atoms with Crippen LogP contribution in [0.25, 0.3) is 0 Å². The molecule has 4 nitrogen and oxygen atoms in total. The van der Waals surface area contributed by atoms with E-state index in [-0.39, 0.29) is 19.6 Å². The summed E-state index contributed by atoms with van der Waals surface area (Å²) in [5, 5.41) is 0. The first-order chi connectivity index (χ1) is 8.94. The molecule has 0 aliphatic carbocycles. The molecule has 0 fully saturated rings. The lowest BCUT2D eigenvalue weighted by Crippen LogP contribution is -2.42. The Balaban J connectivity index is 5.40. The minimum absolute atomic E-state index is 0.151. The molecule has 19 heavy (non-hydrogen) atoms. The molecule has 0 bridgehead atoms. The standard InChI is InChI=1S/C14H21BrO4/c1-5-8-9-14(10-11(4)15,12(16)18-6-2)13(17)19-7-3/h5H,1,4,6-10H2,2-3H3. The number of carbonyl (C=O) groups excluding carboxylic acids is 2. The average molecular weight is 333 g/mol. The minimum Gasteiger partial charge on any atom is -0.465 e. The van der Waals surface area contributed by atoms with Crippen LogP contribution in [-0.4, -0.2) is 25.2 Å². The van der Waals surface area contributed by atoms with E-state index in [2.05, 4.69) is 29.1 Å². The fourth-order valence-corrected chi connectivity index (χ4v) is 2.21. The highest BCUT2D eigenvalue weighted by atomic mass is 79.9. The predicted molar refractivity (Wildman–Crippen MR) is 77.8 cm³/mol. The smallest absolute Gasteiger partial charge is 0.323 e. The van der Waals surface area contributed by atoms with Gasteiger partial charge in [-0.05, 0) is 31.2 Å². The molecular formula is C14H21BrO4. The Morgan fingerprint density at radius 1 is 1.21 bits per heavy atom. The number of halogens is 1. The topological polar surface area (TPSA) is 52.6 Å². The molecule has 5 heteroatoms. The van der Waals surface area contributed by atoms with Crippen LogP contribution in [0, 0.1) is 5.41 Å². The molecule has 0 aromatic carbocycles. The van der Waals surface area contributed by atoms with E-state index in [0.717, 1.165) is 0 Å². The van der Waals surface area contributed by atoms with E-state index in [1.165, 1.54) is 0 Å². The number of hydrogen-bond donors (Lipinski definition) is 0. The highest BCUT2D eigenvalue weighted by Crippen LogP contribution is 2.36. The molecule has 0 saturated heterocycles. The van der Waals surface area contributed by atoms with Crippen LogP contribution in [0.15, 0.2) is 23.7 Å². The summed E-state index contributed by atoms with van der Waals surface area (Å²) in [6, 6.07) is 0. The number of carbonyl (C=O) groups is 2. The maximum atomic E-state index is 12.2. The van der Waals surface area contributed by atoms with Gasteiger partial charge in [0.15, 0.2) is 5.41 Å². The lowest BCUT2D eigenvalue weighted by Gasteiger charge is -2.28. The lowest BCUT2D eigenvalue weighted by atomic mass is 9.80. The van der Waals surface area contributed by atoms with Crippen LogP contribution < -0.4 is 0 Å². The second-order valence-electron chi connectivity index (χ2n) is 4.04. The molecule has 0 atom stereocenters. The van der Waals surface area contributed by atoms with Gasteiger partial charge in [0.2, 0.25) is 0 Å². The molecule has 0 amide bonds. The van der Waals surface area contributed by atoms with Gasteiger partial charge in [0.05, 0.1) is 13.2 Å². The van der Waals surface area contributed by atoms with E-state index in [1.54, 1.807) is 19.9 Å². The van der Waals surface area contributed by atoms with Gasteiger partial charge in [-0.15, -0.1) is 6.58 Å². The third-order valence-electron chi connectivity index (χ3n) is 2.60. The summed E-state index contributed by atoms with van der Waals surface area (Å²) in [5.41, 5.74) is -1.35. The van der Waals surface area contributed by atoms with Crippen LogP contribution in [0.5, 0.6) is 0 Å². The highest BCUT2D eigenvalue weighted by Gasteiger charge is 2.48. The molecule has 0 unspecified atom stereocenters. The monoisotopic (exact) mass is 332 g/mol. The van der Waals surface area contributed by atoms with E-state index >= 15 is 0 Å². The summed E-state index contributed by atoms with van der Waals surface area (Å²) in [6.45, 7) is 11.1. The van der Waals surface area contributed by atoms with Gasteiger partial charge >= 0.3 is 11.9 Å². The summed E-state index contributed by atoms with van der Waals surface area (Å²) in [6.07, 6.45) is 2.61. The molecule has 0 aliphatic heterocycles. The molecule has 0 spiro atoms. The molecule has 0 N–H and O–H groups in total. The van der Waals surface area contributed by atoms with Gasteiger partial charge in [-0.3, -0.25) is 9.59 Å². The van der Waals surface area contributed by atoms with E-state index in [9.17, 15) is 9.59 Å². The van der Waals surface area contributed by atoms with Crippen molar-refractivity contribution in [1.29, 1.82) is 0 Å². The zero-order chi connectivity index (χ0) is 14.9. The SMILES string of the molecule is C=CCCC(CC(=C)Br)(C(=O)OCC)C(=O)OCC. The number of esters is 2. The molecule has 0 heterocycles. The van der Waals surface area contributed by atoms with Crippen molar-refractivity contribution in [2.24, 2.45) is 5.41 Å². The van der Waals surface area contributed by atoms with Crippen molar-refractivity contribution < 1.29 is 19.1 Å². The number of hydrogen-bond acceptors (Lipinski definition) is 4. The van der Waals surface area contributed by atoms with E-state index in [1.807, 2.05) is 0 Å². The van der Waals surface area contributed by atoms with E-state index in [0.29, 0.717) is 17.3 Å². The normalized spacial score (nSPS) is 10.7. The minimum atomic E-state index is -1.35. The van der Waals surface area contributed by atoms with Crippen molar-refractivity contribution in [2.75, 3.05) is 13.2 Å². The quantitative estimate of drug-likeness (QED) is 0.369. The molecule has 108 valence electrons. The Labute approximate surface area is 123 Å². The summed E-state index contributed by atoms with van der Waals surface area (Å²) in [7, 11) is 0. The highest BCUT2D eigenvalue weighted by molar-refractivity contribution is 9.11. The summed E-state index contributed by atoms with van der Waals surface area (Å²) >= 11 is 3.21. The first-order valence-corrected chi connectivity index (χ1v) is 7.02. The summed E-state index contributed by atoms with van der Waals surface area (Å²) < 4.78 is 10.6. The number of allylic oxidation sites excluding steroid dienone is 2. The largest absolute Gasteiger partial charge is 0.465 e. The first kappa shape index (κ1) is 17.9. The Kier molecular flexibility index (Phi) is 8.39. The van der Waals surface area contributed by atoms with Gasteiger partial charge < -0.3 is 9.47 Å². The van der Waals surface area contributed by atoms with Crippen LogP contribution in [-0.2, 0) is 19.1 Å². The van der Waals surface area contributed by atoms with E-state index in [4.69, 9.17) is 9.47 Å². The fourth-order valence-electron chi connectivity index (χ4n) is 1.73. The summed E-state index contributed by atoms with van der Waals surface area (Å²) in [5.74, 6) is -1.15. The van der Waals surface area contributed by atoms with Crippen LogP contribution >= 0.6 is 15.9 Å². The maximum absolute atomic E-state index is 12.2. The van der Waals surface area contributed by atoms with Crippen LogP contribution in [0.1, 0.15) is 33.1 Å². The Morgan fingerprint density at radius 3 is 2.00 bits per heavy atom. The predicted octanol–water partition coefficient (Wildman–Crippen LogP) is 3.36. The van der Waals surface area contributed by atoms with Gasteiger partial charge in [0.1, 0.15) is 0 Å². The average Bonchev–Trinajstić information content (AvgIpc) is 2.34. The number of ether oxygens (including phenoxy) is 2. The lowest BCUT2D eigenvalue weighted by molar-refractivity contribution is -0.172. The van der Waals surface area contributed by atoms with Crippen molar-refractivity contribution in [2.45, 2.75) is 33.1 Å². The van der Waals surface area contributed by atoms with Gasteiger partial charge in [-0.1, -0.05) is 28.6 Å². The molecular weight excluding hydrogens is 312 g/mol. The van der Waals surface area contributed by atoms with E-state index < -0.39 is 17.4 Å². The molecule has 0 saturated carbocycles. The van der Waals surface area contributed by atoms with Crippen LogP contribution in [0.4, 0.5) is 0 Å². The molecule has 0 rings (SSSR count). The van der Waals surface area contributed by atoms with Crippen LogP contribution in [0.2, 0.25) is 0 Å². The Bertz CT molecular complexity index is 331. The molecule has 0 aliphatic rings. The zero-order valence-electron chi connectivity index (χ0n) is 11.5. The zero-order valence-corrected chi connectivity index (χ0v) is 13.1. The third kappa shape index (κ3) is 5.19. The van der Waals surface area contributed by atoms with Crippen molar-refractivity contribution in [3.63, 3.8) is 0 Å². The Hall–Kier alpha value is -1.10. The Morgan fingerprint density at radius 2 is 1.68 bits per heavy atom. The molecule has 0 aromatic heterocycles. The van der Waals surface area contributed by atoms with Crippen molar-refractivity contribution in [1.82, 2.24) is 0 Å². The number of rotatable bonds is 9. The van der Waals surface area contributed by atoms with Gasteiger partial charge in [-0.25, -0.2) is 0 Å². The summed E-state index contributed by atoms with van der Waals surface area (Å²) in [4.78, 5) is 24.4. The van der Waals surface area contributed by atoms with Crippen molar-refractivity contribution >= 4 is 27.9 Å². The second-order valence-corrected chi connectivity index (χ2v) is 5.17. The fraction of sp³-hybridized carbons (Fsp3) is 0.571. The van der Waals surface area contributed by atoms with Gasteiger partial charge in [0, 0.05) is 6.42 Å². The van der Waals surface area contributed by atoms with Crippen molar-refractivity contribution in [3.05, 3.63) is 23.7 Å². The van der Waals surface area contributed by atoms with Crippen molar-refractivity contribution in [3.8, 4) is 0 Å². The third-order valence-corrected chi connectivity index (χ3v) is 2.88. The van der Waals surface area contributed by atoms with Gasteiger partial charge in [0.25, 0.3) is 0 Å². The maximum Gasteiger partial charge on any atom is 0.323 e. The molecule has 0 aromatic rings. The molecule has 0 radical (unpaired) electrons. The van der Waals surface area contributed by atoms with Crippen LogP contribution in [0.3, 0.4) is 0 Å².